The lowest BCUT2D eigenvalue weighted by Crippen LogP contribution is -2.34. The van der Waals surface area contributed by atoms with Crippen molar-refractivity contribution < 1.29 is 14.3 Å². The average molecular weight is 289 g/mol. The number of carbonyl (C=O) groups is 1. The molecule has 3 rings (SSSR count). The number of carboxylic acid groups (broad SMARTS) is 1. The molecular formula is C16H19NO4. The van der Waals surface area contributed by atoms with Gasteiger partial charge < -0.3 is 9.52 Å². The van der Waals surface area contributed by atoms with Crippen molar-refractivity contribution in [3.8, 4) is 0 Å². The molecule has 0 saturated carbocycles. The Morgan fingerprint density at radius 2 is 1.86 bits per heavy atom. The van der Waals surface area contributed by atoms with Gasteiger partial charge >= 0.3 is 5.97 Å². The summed E-state index contributed by atoms with van der Waals surface area (Å²) in [5, 5.41) is 9.06. The molecule has 1 N–H and O–H groups in total. The van der Waals surface area contributed by atoms with Gasteiger partial charge in [-0.25, -0.2) is 0 Å². The number of piperidine rings is 1. The van der Waals surface area contributed by atoms with Crippen LogP contribution in [0.5, 0.6) is 0 Å². The number of para-hydroxylation sites is 1. The third kappa shape index (κ3) is 4.72. The minimum absolute atomic E-state index is 0.00634. The number of hydrogen-bond donors (Lipinski definition) is 1. The normalized spacial score (nSPS) is 15.2. The van der Waals surface area contributed by atoms with Gasteiger partial charge in [0.1, 0.15) is 5.58 Å². The maximum Gasteiger partial charge on any atom is 0.317 e. The van der Waals surface area contributed by atoms with E-state index in [4.69, 9.17) is 9.52 Å². The maximum absolute atomic E-state index is 11.1. The molecule has 1 aromatic carbocycles. The molecule has 0 radical (unpaired) electrons. The fraction of sp³-hybridized carbons (Fsp3) is 0.375. The fourth-order valence-corrected chi connectivity index (χ4v) is 2.34. The van der Waals surface area contributed by atoms with Crippen LogP contribution in [0.15, 0.2) is 45.8 Å². The van der Waals surface area contributed by atoms with E-state index >= 15 is 0 Å². The van der Waals surface area contributed by atoms with Crippen LogP contribution in [0, 0.1) is 0 Å². The van der Waals surface area contributed by atoms with Crippen molar-refractivity contribution in [3.05, 3.63) is 46.8 Å². The molecule has 21 heavy (non-hydrogen) atoms. The molecule has 0 spiro atoms. The van der Waals surface area contributed by atoms with E-state index in [2.05, 4.69) is 0 Å². The van der Waals surface area contributed by atoms with Crippen molar-refractivity contribution in [1.82, 2.24) is 4.90 Å². The van der Waals surface area contributed by atoms with Crippen molar-refractivity contribution >= 4 is 16.9 Å². The van der Waals surface area contributed by atoms with Crippen molar-refractivity contribution in [2.24, 2.45) is 0 Å². The standard InChI is InChI=1S/C9H6O2.C7H13NO2/c10-8-5-6-11-9-4-2-1-3-7(8)9;9-7(10)6-8-4-2-1-3-5-8/h1-6H;1-6H2,(H,9,10). The average Bonchev–Trinajstić information content (AvgIpc) is 2.49. The van der Waals surface area contributed by atoms with E-state index in [1.54, 1.807) is 12.1 Å². The lowest BCUT2D eigenvalue weighted by molar-refractivity contribution is -0.138. The molecule has 0 bridgehead atoms. The second-order valence-corrected chi connectivity index (χ2v) is 5.01. The highest BCUT2D eigenvalue weighted by molar-refractivity contribution is 5.75. The third-order valence-electron chi connectivity index (χ3n) is 3.37. The van der Waals surface area contributed by atoms with Crippen LogP contribution in [0.2, 0.25) is 0 Å². The zero-order chi connectivity index (χ0) is 15.1. The number of carboxylic acids is 1. The molecular weight excluding hydrogens is 270 g/mol. The Bertz CT molecular complexity index is 639. The van der Waals surface area contributed by atoms with Gasteiger partial charge in [0.15, 0.2) is 5.43 Å². The summed E-state index contributed by atoms with van der Waals surface area (Å²) in [5.74, 6) is -0.707. The highest BCUT2D eigenvalue weighted by atomic mass is 16.4. The molecule has 0 amide bonds. The smallest absolute Gasteiger partial charge is 0.317 e. The number of nitrogens with zero attached hydrogens (tertiary/aromatic N) is 1. The summed E-state index contributed by atoms with van der Waals surface area (Å²) in [5.41, 5.74) is 0.645. The number of hydrogen-bond acceptors (Lipinski definition) is 4. The van der Waals surface area contributed by atoms with E-state index in [1.807, 2.05) is 17.0 Å². The molecule has 0 unspecified atom stereocenters. The summed E-state index contributed by atoms with van der Waals surface area (Å²) in [4.78, 5) is 23.3. The van der Waals surface area contributed by atoms with E-state index in [1.165, 1.54) is 18.8 Å². The van der Waals surface area contributed by atoms with Crippen LogP contribution >= 0.6 is 0 Å². The van der Waals surface area contributed by atoms with Crippen molar-refractivity contribution in [2.75, 3.05) is 19.6 Å². The highest BCUT2D eigenvalue weighted by Crippen LogP contribution is 2.07. The van der Waals surface area contributed by atoms with Crippen LogP contribution in [0.4, 0.5) is 0 Å². The fourth-order valence-electron chi connectivity index (χ4n) is 2.34. The largest absolute Gasteiger partial charge is 0.480 e. The van der Waals surface area contributed by atoms with Crippen LogP contribution in [0.3, 0.4) is 0 Å². The summed E-state index contributed by atoms with van der Waals surface area (Å²) in [7, 11) is 0. The lowest BCUT2D eigenvalue weighted by Gasteiger charge is -2.24. The molecule has 1 aliphatic heterocycles. The van der Waals surface area contributed by atoms with Crippen LogP contribution in [0.25, 0.3) is 11.0 Å². The molecule has 2 aromatic rings. The molecule has 5 heteroatoms. The topological polar surface area (TPSA) is 70.8 Å². The summed E-state index contributed by atoms with van der Waals surface area (Å²) in [6.45, 7) is 2.15. The molecule has 112 valence electrons. The number of likely N-dealkylation sites (tertiary alicyclic amines) is 1. The van der Waals surface area contributed by atoms with E-state index in [0.29, 0.717) is 11.0 Å². The molecule has 2 heterocycles. The van der Waals surface area contributed by atoms with Gasteiger partial charge in [0.05, 0.1) is 18.2 Å². The first-order valence-electron chi connectivity index (χ1n) is 7.07. The lowest BCUT2D eigenvalue weighted by atomic mass is 10.1. The zero-order valence-electron chi connectivity index (χ0n) is 11.8. The Morgan fingerprint density at radius 3 is 2.52 bits per heavy atom. The van der Waals surface area contributed by atoms with Gasteiger partial charge in [-0.3, -0.25) is 14.5 Å². The van der Waals surface area contributed by atoms with Gasteiger partial charge in [0.25, 0.3) is 0 Å². The monoisotopic (exact) mass is 289 g/mol. The quantitative estimate of drug-likeness (QED) is 0.919. The van der Waals surface area contributed by atoms with Crippen molar-refractivity contribution in [1.29, 1.82) is 0 Å². The van der Waals surface area contributed by atoms with E-state index in [0.717, 1.165) is 25.9 Å². The number of fused-ring (bicyclic) bond motifs is 1. The molecule has 5 nitrogen and oxygen atoms in total. The SMILES string of the molecule is O=C(O)CN1CCCCC1.O=c1ccoc2ccccc12. The molecule has 0 atom stereocenters. The minimum Gasteiger partial charge on any atom is -0.480 e. The first kappa shape index (κ1) is 15.3. The molecule has 1 fully saturated rings. The van der Waals surface area contributed by atoms with Gasteiger partial charge in [-0.05, 0) is 38.1 Å². The van der Waals surface area contributed by atoms with Gasteiger partial charge in [0, 0.05) is 6.07 Å². The second kappa shape index (κ2) is 7.59. The first-order valence-corrected chi connectivity index (χ1v) is 7.07. The van der Waals surface area contributed by atoms with E-state index in [9.17, 15) is 9.59 Å². The predicted octanol–water partition coefficient (Wildman–Crippen LogP) is 2.35. The Morgan fingerprint density at radius 1 is 1.14 bits per heavy atom. The predicted molar refractivity (Wildman–Crippen MR) is 80.4 cm³/mol. The van der Waals surface area contributed by atoms with Crippen LogP contribution < -0.4 is 5.43 Å². The van der Waals surface area contributed by atoms with Gasteiger partial charge in [-0.2, -0.15) is 0 Å². The molecule has 1 saturated heterocycles. The number of benzene rings is 1. The Hall–Kier alpha value is -2.14. The summed E-state index contributed by atoms with van der Waals surface area (Å²) >= 11 is 0. The van der Waals surface area contributed by atoms with Crippen LogP contribution in [-0.2, 0) is 4.79 Å². The summed E-state index contributed by atoms with van der Waals surface area (Å²) in [6.07, 6.45) is 4.99. The van der Waals surface area contributed by atoms with Gasteiger partial charge in [-0.15, -0.1) is 0 Å². The molecule has 1 aliphatic rings. The summed E-state index contributed by atoms with van der Waals surface area (Å²) in [6, 6.07) is 8.60. The van der Waals surface area contributed by atoms with E-state index in [-0.39, 0.29) is 12.0 Å². The Labute approximate surface area is 122 Å². The maximum atomic E-state index is 11.1. The zero-order valence-corrected chi connectivity index (χ0v) is 11.8. The number of aliphatic carboxylic acids is 1. The molecule has 0 aliphatic carbocycles. The van der Waals surface area contributed by atoms with Gasteiger partial charge in [0.2, 0.25) is 0 Å². The van der Waals surface area contributed by atoms with Crippen LogP contribution in [0.1, 0.15) is 19.3 Å². The third-order valence-corrected chi connectivity index (χ3v) is 3.37. The van der Waals surface area contributed by atoms with Crippen molar-refractivity contribution in [2.45, 2.75) is 19.3 Å². The number of rotatable bonds is 2. The minimum atomic E-state index is -0.707. The Kier molecular flexibility index (Phi) is 5.51. The van der Waals surface area contributed by atoms with Crippen molar-refractivity contribution in [3.63, 3.8) is 0 Å². The van der Waals surface area contributed by atoms with Crippen LogP contribution in [-0.4, -0.2) is 35.6 Å². The summed E-state index contributed by atoms with van der Waals surface area (Å²) < 4.78 is 5.09. The molecule has 1 aromatic heterocycles. The Balaban J connectivity index is 0.000000155. The van der Waals surface area contributed by atoms with E-state index < -0.39 is 5.97 Å². The second-order valence-electron chi connectivity index (χ2n) is 5.01. The first-order chi connectivity index (χ1) is 10.2. The van der Waals surface area contributed by atoms with Gasteiger partial charge in [-0.1, -0.05) is 18.6 Å². The highest BCUT2D eigenvalue weighted by Gasteiger charge is 2.11.